The van der Waals surface area contributed by atoms with Crippen LogP contribution in [0.25, 0.3) is 0 Å². The molecule has 0 saturated heterocycles. The van der Waals surface area contributed by atoms with Gasteiger partial charge in [0.15, 0.2) is 0 Å². The Bertz CT molecular complexity index is 766. The maximum absolute atomic E-state index is 12.6. The van der Waals surface area contributed by atoms with E-state index in [0.717, 1.165) is 44.9 Å². The number of phosphoric ester groups is 1. The zero-order valence-electron chi connectivity index (χ0n) is 28.0. The lowest BCUT2D eigenvalue weighted by molar-refractivity contribution is -0.124. The molecule has 4 unspecified atom stereocenters. The average molecular weight is 647 g/mol. The quantitative estimate of drug-likeness (QED) is 0.0284. The van der Waals surface area contributed by atoms with Crippen LogP contribution in [0, 0.1) is 0 Å². The number of nitrogens with two attached hydrogens (primary N) is 1. The van der Waals surface area contributed by atoms with Crippen molar-refractivity contribution in [2.75, 3.05) is 19.8 Å². The minimum Gasteiger partial charge on any atom is -0.393 e. The van der Waals surface area contributed by atoms with Crippen LogP contribution >= 0.6 is 7.82 Å². The Morgan fingerprint density at radius 2 is 1.30 bits per heavy atom. The lowest BCUT2D eigenvalue weighted by Gasteiger charge is -2.24. The van der Waals surface area contributed by atoms with E-state index in [0.29, 0.717) is 6.42 Å². The first-order valence-electron chi connectivity index (χ1n) is 17.5. The van der Waals surface area contributed by atoms with Crippen molar-refractivity contribution in [3.05, 3.63) is 24.3 Å². The number of carbonyl (C=O) groups excluding carboxylic acids is 1. The van der Waals surface area contributed by atoms with Crippen LogP contribution in [0.3, 0.4) is 0 Å². The largest absolute Gasteiger partial charge is 0.472 e. The Morgan fingerprint density at radius 1 is 0.773 bits per heavy atom. The molecule has 1 amide bonds. The highest BCUT2D eigenvalue weighted by Crippen LogP contribution is 2.43. The fourth-order valence-corrected chi connectivity index (χ4v) is 5.62. The summed E-state index contributed by atoms with van der Waals surface area (Å²) < 4.78 is 21.9. The van der Waals surface area contributed by atoms with Gasteiger partial charge in [-0.3, -0.25) is 13.8 Å². The van der Waals surface area contributed by atoms with E-state index in [4.69, 9.17) is 14.8 Å². The lowest BCUT2D eigenvalue weighted by atomic mass is 10.0. The fraction of sp³-hybridized carbons (Fsp3) is 0.853. The summed E-state index contributed by atoms with van der Waals surface area (Å²) in [6.45, 7) is 3.87. The highest BCUT2D eigenvalue weighted by molar-refractivity contribution is 7.47. The van der Waals surface area contributed by atoms with E-state index in [1.54, 1.807) is 6.08 Å². The first-order valence-corrected chi connectivity index (χ1v) is 19.0. The van der Waals surface area contributed by atoms with Crippen LogP contribution in [0.15, 0.2) is 24.3 Å². The standard InChI is InChI=1S/C34H67N2O7P/c1-3-5-7-9-11-13-14-15-16-17-18-20-22-24-26-33(38)32(30-43-44(40,41)42-28-27-35)36-34(39)29-31(37)25-23-21-19-12-10-8-6-4-2/h10,12,24,26,31-33,37-38H,3-9,11,13-23,25,27-30,35H2,1-2H3,(H,36,39)(H,40,41)/b12-10-,26-24+. The monoisotopic (exact) mass is 646 g/mol. The molecule has 0 spiro atoms. The van der Waals surface area contributed by atoms with E-state index < -0.39 is 38.6 Å². The number of amides is 1. The molecule has 0 heterocycles. The second-order valence-corrected chi connectivity index (χ2v) is 13.4. The van der Waals surface area contributed by atoms with Crippen molar-refractivity contribution < 1.29 is 33.5 Å². The summed E-state index contributed by atoms with van der Waals surface area (Å²) in [5, 5.41) is 23.7. The lowest BCUT2D eigenvalue weighted by Crippen LogP contribution is -2.46. The predicted octanol–water partition coefficient (Wildman–Crippen LogP) is 7.63. The molecule has 260 valence electrons. The van der Waals surface area contributed by atoms with Gasteiger partial charge in [-0.1, -0.05) is 128 Å². The van der Waals surface area contributed by atoms with E-state index in [9.17, 15) is 24.5 Å². The predicted molar refractivity (Wildman–Crippen MR) is 181 cm³/mol. The highest BCUT2D eigenvalue weighted by atomic mass is 31.2. The van der Waals surface area contributed by atoms with E-state index in [2.05, 4.69) is 31.3 Å². The van der Waals surface area contributed by atoms with Gasteiger partial charge in [0.25, 0.3) is 0 Å². The SMILES string of the molecule is CCCC/C=C\CCCCC(O)CC(=O)NC(COP(=O)(O)OCCN)C(O)/C=C/CCCCCCCCCCCCCC. The number of nitrogens with one attached hydrogen (secondary N) is 1. The van der Waals surface area contributed by atoms with Gasteiger partial charge < -0.3 is 26.2 Å². The maximum atomic E-state index is 12.6. The number of hydrogen-bond donors (Lipinski definition) is 5. The maximum Gasteiger partial charge on any atom is 0.472 e. The molecule has 0 saturated carbocycles. The molecule has 0 aliphatic rings. The van der Waals surface area contributed by atoms with Crippen LogP contribution in [-0.2, 0) is 18.4 Å². The molecule has 0 radical (unpaired) electrons. The summed E-state index contributed by atoms with van der Waals surface area (Å²) >= 11 is 0. The molecule has 0 aromatic heterocycles. The van der Waals surface area contributed by atoms with Crippen molar-refractivity contribution in [1.29, 1.82) is 0 Å². The summed E-state index contributed by atoms with van der Waals surface area (Å²) in [6.07, 6.45) is 28.5. The second kappa shape index (κ2) is 30.6. The van der Waals surface area contributed by atoms with Gasteiger partial charge in [0.2, 0.25) is 5.91 Å². The number of rotatable bonds is 32. The van der Waals surface area contributed by atoms with Crippen molar-refractivity contribution in [3.8, 4) is 0 Å². The first-order chi connectivity index (χ1) is 21.3. The zero-order valence-corrected chi connectivity index (χ0v) is 28.9. The summed E-state index contributed by atoms with van der Waals surface area (Å²) in [5.74, 6) is -0.463. The number of hydrogen-bond acceptors (Lipinski definition) is 7. The normalized spacial score (nSPS) is 15.5. The molecule has 0 aromatic carbocycles. The number of carbonyl (C=O) groups is 1. The Kier molecular flexibility index (Phi) is 29.8. The summed E-state index contributed by atoms with van der Waals surface area (Å²) in [4.78, 5) is 22.5. The molecule has 0 aliphatic heterocycles. The zero-order chi connectivity index (χ0) is 32.7. The Balaban J connectivity index is 4.52. The van der Waals surface area contributed by atoms with Gasteiger partial charge >= 0.3 is 7.82 Å². The fourth-order valence-electron chi connectivity index (χ4n) is 4.86. The van der Waals surface area contributed by atoms with Gasteiger partial charge in [0.1, 0.15) is 0 Å². The Hall–Kier alpha value is -1.06. The molecule has 0 fully saturated rings. The minimum absolute atomic E-state index is 0.0472. The number of phosphoric acid groups is 1. The van der Waals surface area contributed by atoms with Crippen LogP contribution in [0.1, 0.15) is 149 Å². The summed E-state index contributed by atoms with van der Waals surface area (Å²) in [5.41, 5.74) is 5.33. The number of unbranched alkanes of at least 4 members (excludes halogenated alkanes) is 16. The first kappa shape index (κ1) is 42.9. The van der Waals surface area contributed by atoms with E-state index in [1.165, 1.54) is 77.0 Å². The van der Waals surface area contributed by atoms with Gasteiger partial charge in [-0.2, -0.15) is 0 Å². The van der Waals surface area contributed by atoms with Crippen molar-refractivity contribution in [3.63, 3.8) is 0 Å². The van der Waals surface area contributed by atoms with Crippen LogP contribution in [0.4, 0.5) is 0 Å². The smallest absolute Gasteiger partial charge is 0.393 e. The van der Waals surface area contributed by atoms with Gasteiger partial charge in [-0.05, 0) is 38.5 Å². The van der Waals surface area contributed by atoms with Gasteiger partial charge in [0, 0.05) is 6.54 Å². The third-order valence-corrected chi connectivity index (χ3v) is 8.56. The van der Waals surface area contributed by atoms with E-state index in [1.807, 2.05) is 6.08 Å². The van der Waals surface area contributed by atoms with Crippen molar-refractivity contribution in [2.45, 2.75) is 167 Å². The van der Waals surface area contributed by atoms with Crippen molar-refractivity contribution in [1.82, 2.24) is 5.32 Å². The molecule has 44 heavy (non-hydrogen) atoms. The summed E-state index contributed by atoms with van der Waals surface area (Å²) in [6, 6.07) is -0.983. The number of aliphatic hydroxyl groups excluding tert-OH is 2. The molecular weight excluding hydrogens is 579 g/mol. The molecule has 9 nitrogen and oxygen atoms in total. The third kappa shape index (κ3) is 28.4. The molecule has 4 atom stereocenters. The Morgan fingerprint density at radius 3 is 1.89 bits per heavy atom. The third-order valence-electron chi connectivity index (χ3n) is 7.58. The average Bonchev–Trinajstić information content (AvgIpc) is 2.99. The van der Waals surface area contributed by atoms with Gasteiger partial charge in [-0.15, -0.1) is 0 Å². The Labute approximate surface area is 269 Å². The number of allylic oxidation sites excluding steroid dienone is 3. The van der Waals surface area contributed by atoms with E-state index in [-0.39, 0.29) is 19.6 Å². The van der Waals surface area contributed by atoms with Crippen LogP contribution in [0.5, 0.6) is 0 Å². The molecule has 0 aliphatic carbocycles. The molecule has 0 bridgehead atoms. The molecule has 0 rings (SSSR count). The van der Waals surface area contributed by atoms with E-state index >= 15 is 0 Å². The molecule has 6 N–H and O–H groups in total. The second-order valence-electron chi connectivity index (χ2n) is 11.9. The topological polar surface area (TPSA) is 151 Å². The van der Waals surface area contributed by atoms with Gasteiger partial charge in [0.05, 0.1) is 37.9 Å². The van der Waals surface area contributed by atoms with Crippen LogP contribution in [0.2, 0.25) is 0 Å². The van der Waals surface area contributed by atoms with Crippen LogP contribution in [-0.4, -0.2) is 59.0 Å². The minimum atomic E-state index is -4.39. The van der Waals surface area contributed by atoms with Crippen LogP contribution < -0.4 is 11.1 Å². The summed E-state index contributed by atoms with van der Waals surface area (Å²) in [7, 11) is -4.39. The van der Waals surface area contributed by atoms with Crippen molar-refractivity contribution in [2.24, 2.45) is 5.73 Å². The molecular formula is C34H67N2O7P. The number of aliphatic hydroxyl groups is 2. The molecule has 10 heteroatoms. The van der Waals surface area contributed by atoms with Crippen molar-refractivity contribution >= 4 is 13.7 Å². The highest BCUT2D eigenvalue weighted by Gasteiger charge is 2.27. The van der Waals surface area contributed by atoms with Gasteiger partial charge in [-0.25, -0.2) is 4.57 Å². The molecule has 0 aromatic rings.